The third-order valence-corrected chi connectivity index (χ3v) is 3.02. The van der Waals surface area contributed by atoms with Crippen LogP contribution < -0.4 is 11.3 Å². The second-order valence-corrected chi connectivity index (χ2v) is 4.39. The van der Waals surface area contributed by atoms with Crippen LogP contribution in [0.25, 0.3) is 0 Å². The Morgan fingerprint density at radius 3 is 2.78 bits per heavy atom. The molecule has 2 rings (SSSR count). The number of pyridine rings is 1. The van der Waals surface area contributed by atoms with Gasteiger partial charge in [-0.05, 0) is 25.0 Å². The zero-order chi connectivity index (χ0) is 13.1. The van der Waals surface area contributed by atoms with Gasteiger partial charge < -0.3 is 0 Å². The number of rotatable bonds is 4. The number of nitrogens with one attached hydrogen (secondary N) is 1. The maximum absolute atomic E-state index is 5.69. The topological polar surface area (TPSA) is 68.8 Å². The normalized spacial score (nSPS) is 12.7. The van der Waals surface area contributed by atoms with Crippen molar-refractivity contribution in [2.75, 3.05) is 0 Å². The van der Waals surface area contributed by atoms with Gasteiger partial charge in [-0.3, -0.25) is 15.5 Å². The number of aryl methyl sites for hydroxylation is 3. The lowest BCUT2D eigenvalue weighted by Crippen LogP contribution is -2.29. The molecule has 0 saturated carbocycles. The van der Waals surface area contributed by atoms with Crippen LogP contribution in [-0.4, -0.2) is 14.8 Å². The summed E-state index contributed by atoms with van der Waals surface area (Å²) in [5.74, 6) is 5.69. The summed E-state index contributed by atoms with van der Waals surface area (Å²) in [7, 11) is 1.92. The molecule has 0 fully saturated rings. The minimum atomic E-state index is -0.0678. The summed E-state index contributed by atoms with van der Waals surface area (Å²) in [5.41, 5.74) is 7.05. The fraction of sp³-hybridized carbons (Fsp3) is 0.385. The van der Waals surface area contributed by atoms with Gasteiger partial charge >= 0.3 is 0 Å². The van der Waals surface area contributed by atoms with E-state index in [9.17, 15) is 0 Å². The molecule has 2 aromatic heterocycles. The molecule has 0 aliphatic rings. The van der Waals surface area contributed by atoms with Gasteiger partial charge in [0.15, 0.2) is 0 Å². The monoisotopic (exact) mass is 245 g/mol. The summed E-state index contributed by atoms with van der Waals surface area (Å²) < 4.78 is 1.82. The summed E-state index contributed by atoms with van der Waals surface area (Å²) >= 11 is 0. The van der Waals surface area contributed by atoms with E-state index in [4.69, 9.17) is 5.84 Å². The predicted octanol–water partition coefficient (Wildman–Crippen LogP) is 1.24. The van der Waals surface area contributed by atoms with Gasteiger partial charge in [0.05, 0.1) is 11.7 Å². The third kappa shape index (κ3) is 2.42. The Bertz CT molecular complexity index is 515. The molecule has 5 nitrogen and oxygen atoms in total. The third-order valence-electron chi connectivity index (χ3n) is 3.02. The van der Waals surface area contributed by atoms with Crippen LogP contribution in [0.5, 0.6) is 0 Å². The molecule has 0 spiro atoms. The summed E-state index contributed by atoms with van der Waals surface area (Å²) in [5, 5.41) is 4.44. The van der Waals surface area contributed by atoms with Crippen molar-refractivity contribution in [3.05, 3.63) is 47.0 Å². The molecule has 1 atom stereocenters. The molecule has 0 aliphatic carbocycles. The quantitative estimate of drug-likeness (QED) is 0.628. The summed E-state index contributed by atoms with van der Waals surface area (Å²) in [6.45, 7) is 4.06. The first-order chi connectivity index (χ1) is 8.65. The van der Waals surface area contributed by atoms with E-state index in [0.29, 0.717) is 0 Å². The van der Waals surface area contributed by atoms with Crippen molar-refractivity contribution >= 4 is 0 Å². The lowest BCUT2D eigenvalue weighted by molar-refractivity contribution is 0.628. The molecule has 0 aliphatic heterocycles. The fourth-order valence-corrected chi connectivity index (χ4v) is 2.08. The van der Waals surface area contributed by atoms with Gasteiger partial charge in [-0.1, -0.05) is 13.0 Å². The standard InChI is InChI=1S/C13H19N5/c1-4-12-11(8-18(3)17-12)13(16-14)10-6-5-9(2)15-7-10/h5-8,13,16H,4,14H2,1-3H3. The van der Waals surface area contributed by atoms with Crippen LogP contribution in [0.15, 0.2) is 24.5 Å². The Hall–Kier alpha value is -1.72. The smallest absolute Gasteiger partial charge is 0.0758 e. The summed E-state index contributed by atoms with van der Waals surface area (Å²) in [6.07, 6.45) is 4.74. The van der Waals surface area contributed by atoms with Gasteiger partial charge in [0, 0.05) is 30.7 Å². The first-order valence-corrected chi connectivity index (χ1v) is 6.06. The van der Waals surface area contributed by atoms with Gasteiger partial charge in [0.25, 0.3) is 0 Å². The molecule has 5 heteroatoms. The van der Waals surface area contributed by atoms with Crippen LogP contribution in [0.4, 0.5) is 0 Å². The van der Waals surface area contributed by atoms with Crippen LogP contribution in [0, 0.1) is 6.92 Å². The van der Waals surface area contributed by atoms with Crippen molar-refractivity contribution < 1.29 is 0 Å². The molecule has 0 radical (unpaired) electrons. The molecular weight excluding hydrogens is 226 g/mol. The highest BCUT2D eigenvalue weighted by atomic mass is 15.3. The second-order valence-electron chi connectivity index (χ2n) is 4.39. The molecule has 2 aromatic rings. The largest absolute Gasteiger partial charge is 0.275 e. The molecule has 0 saturated heterocycles. The zero-order valence-corrected chi connectivity index (χ0v) is 11.0. The molecule has 0 bridgehead atoms. The lowest BCUT2D eigenvalue weighted by atomic mass is 10.0. The average Bonchev–Trinajstić information content (AvgIpc) is 2.74. The Kier molecular flexibility index (Phi) is 3.74. The van der Waals surface area contributed by atoms with Crippen molar-refractivity contribution in [2.24, 2.45) is 12.9 Å². The van der Waals surface area contributed by atoms with Crippen molar-refractivity contribution in [2.45, 2.75) is 26.3 Å². The molecular formula is C13H19N5. The predicted molar refractivity (Wildman–Crippen MR) is 70.7 cm³/mol. The Morgan fingerprint density at radius 2 is 2.22 bits per heavy atom. The molecule has 0 aromatic carbocycles. The van der Waals surface area contributed by atoms with E-state index in [2.05, 4.69) is 22.4 Å². The van der Waals surface area contributed by atoms with Crippen LogP contribution in [0.3, 0.4) is 0 Å². The van der Waals surface area contributed by atoms with Gasteiger partial charge in [-0.2, -0.15) is 5.10 Å². The molecule has 96 valence electrons. The lowest BCUT2D eigenvalue weighted by Gasteiger charge is -2.16. The molecule has 18 heavy (non-hydrogen) atoms. The summed E-state index contributed by atoms with van der Waals surface area (Å²) in [4.78, 5) is 4.31. The minimum Gasteiger partial charge on any atom is -0.275 e. The zero-order valence-electron chi connectivity index (χ0n) is 11.0. The number of hydrogen-bond acceptors (Lipinski definition) is 4. The first kappa shape index (κ1) is 12.7. The van der Waals surface area contributed by atoms with Crippen LogP contribution in [-0.2, 0) is 13.5 Å². The van der Waals surface area contributed by atoms with Crippen molar-refractivity contribution in [3.8, 4) is 0 Å². The van der Waals surface area contributed by atoms with Crippen LogP contribution in [0.2, 0.25) is 0 Å². The number of hydrogen-bond donors (Lipinski definition) is 2. The number of aromatic nitrogens is 3. The number of hydrazine groups is 1. The summed E-state index contributed by atoms with van der Waals surface area (Å²) in [6, 6.07) is 3.96. The molecule has 2 heterocycles. The maximum Gasteiger partial charge on any atom is 0.0758 e. The highest BCUT2D eigenvalue weighted by Crippen LogP contribution is 2.23. The van der Waals surface area contributed by atoms with Gasteiger partial charge in [0.2, 0.25) is 0 Å². The van der Waals surface area contributed by atoms with Crippen molar-refractivity contribution in [1.29, 1.82) is 0 Å². The van der Waals surface area contributed by atoms with Crippen LogP contribution >= 0.6 is 0 Å². The number of nitrogens with zero attached hydrogens (tertiary/aromatic N) is 3. The molecule has 0 amide bonds. The van der Waals surface area contributed by atoms with E-state index in [1.165, 1.54) is 0 Å². The van der Waals surface area contributed by atoms with E-state index in [-0.39, 0.29) is 6.04 Å². The maximum atomic E-state index is 5.69. The van der Waals surface area contributed by atoms with E-state index in [1.807, 2.05) is 43.2 Å². The highest BCUT2D eigenvalue weighted by Gasteiger charge is 2.18. The first-order valence-electron chi connectivity index (χ1n) is 6.06. The van der Waals surface area contributed by atoms with E-state index in [0.717, 1.165) is 28.9 Å². The van der Waals surface area contributed by atoms with E-state index >= 15 is 0 Å². The fourth-order valence-electron chi connectivity index (χ4n) is 2.08. The Labute approximate surface area is 107 Å². The minimum absolute atomic E-state index is 0.0678. The van der Waals surface area contributed by atoms with Crippen molar-refractivity contribution in [1.82, 2.24) is 20.2 Å². The van der Waals surface area contributed by atoms with Gasteiger partial charge in [0.1, 0.15) is 0 Å². The Morgan fingerprint density at radius 1 is 1.44 bits per heavy atom. The van der Waals surface area contributed by atoms with E-state index < -0.39 is 0 Å². The van der Waals surface area contributed by atoms with Crippen LogP contribution in [0.1, 0.15) is 35.5 Å². The highest BCUT2D eigenvalue weighted by molar-refractivity contribution is 5.32. The Balaban J connectivity index is 2.41. The molecule has 1 unspecified atom stereocenters. The second kappa shape index (κ2) is 5.29. The van der Waals surface area contributed by atoms with Crippen molar-refractivity contribution in [3.63, 3.8) is 0 Å². The van der Waals surface area contributed by atoms with Gasteiger partial charge in [-0.25, -0.2) is 5.43 Å². The number of nitrogens with two attached hydrogens (primary N) is 1. The molecule has 3 N–H and O–H groups in total. The van der Waals surface area contributed by atoms with Gasteiger partial charge in [-0.15, -0.1) is 0 Å². The SMILES string of the molecule is CCc1nn(C)cc1C(NN)c1ccc(C)nc1. The average molecular weight is 245 g/mol. The van der Waals surface area contributed by atoms with E-state index in [1.54, 1.807) is 0 Å².